The maximum Gasteiger partial charge on any atom is 0.307 e. The molecule has 1 aromatic rings. The zero-order chi connectivity index (χ0) is 16.6. The van der Waals surface area contributed by atoms with E-state index in [1.54, 1.807) is 21.3 Å². The zero-order valence-corrected chi connectivity index (χ0v) is 14.0. The van der Waals surface area contributed by atoms with E-state index in [9.17, 15) is 4.79 Å². The van der Waals surface area contributed by atoms with Gasteiger partial charge in [-0.1, -0.05) is 0 Å². The highest BCUT2D eigenvalue weighted by atomic mass is 16.5. The van der Waals surface area contributed by atoms with Gasteiger partial charge in [-0.15, -0.1) is 0 Å². The molecule has 0 heterocycles. The summed E-state index contributed by atoms with van der Waals surface area (Å²) in [6.45, 7) is 1.43. The topological polar surface area (TPSA) is 54.0 Å². The molecule has 0 N–H and O–H groups in total. The van der Waals surface area contributed by atoms with Gasteiger partial charge in [0.15, 0.2) is 11.5 Å². The Bertz CT molecular complexity index is 662. The van der Waals surface area contributed by atoms with E-state index in [0.717, 1.165) is 36.1 Å². The Morgan fingerprint density at radius 1 is 1.13 bits per heavy atom. The first kappa shape index (κ1) is 15.7. The molecule has 2 aliphatic rings. The Labute approximate surface area is 136 Å². The van der Waals surface area contributed by atoms with Crippen molar-refractivity contribution in [2.24, 2.45) is 11.8 Å². The summed E-state index contributed by atoms with van der Waals surface area (Å²) in [6, 6.07) is 1.99. The van der Waals surface area contributed by atoms with Gasteiger partial charge in [-0.05, 0) is 42.9 Å². The Balaban J connectivity index is 2.16. The Kier molecular flexibility index (Phi) is 4.20. The lowest BCUT2D eigenvalue weighted by Crippen LogP contribution is -2.07. The summed E-state index contributed by atoms with van der Waals surface area (Å²) in [7, 11) is 4.81. The van der Waals surface area contributed by atoms with Crippen LogP contribution in [-0.2, 0) is 16.0 Å². The van der Waals surface area contributed by atoms with E-state index in [4.69, 9.17) is 18.9 Å². The van der Waals surface area contributed by atoms with Gasteiger partial charge in [-0.2, -0.15) is 0 Å². The van der Waals surface area contributed by atoms with E-state index < -0.39 is 0 Å². The predicted octanol–water partition coefficient (Wildman–Crippen LogP) is 3.20. The average Bonchev–Trinajstić information content (AvgIpc) is 3.29. The van der Waals surface area contributed by atoms with Gasteiger partial charge < -0.3 is 18.9 Å². The number of rotatable bonds is 4. The molecule has 2 unspecified atom stereocenters. The van der Waals surface area contributed by atoms with Crippen molar-refractivity contribution in [1.29, 1.82) is 0 Å². The number of benzene rings is 1. The number of carbonyl (C=O) groups is 1. The summed E-state index contributed by atoms with van der Waals surface area (Å²) >= 11 is 0. The Morgan fingerprint density at radius 2 is 1.87 bits per heavy atom. The second kappa shape index (κ2) is 6.14. The van der Waals surface area contributed by atoms with Crippen LogP contribution in [0.25, 0.3) is 6.08 Å². The van der Waals surface area contributed by atoms with Crippen molar-refractivity contribution in [3.63, 3.8) is 0 Å². The maximum atomic E-state index is 11.4. The lowest BCUT2D eigenvalue weighted by molar-refractivity contribution is -0.137. The summed E-state index contributed by atoms with van der Waals surface area (Å²) < 4.78 is 21.9. The van der Waals surface area contributed by atoms with E-state index in [0.29, 0.717) is 29.1 Å². The van der Waals surface area contributed by atoms with Gasteiger partial charge in [0.2, 0.25) is 5.75 Å². The van der Waals surface area contributed by atoms with Gasteiger partial charge in [0.05, 0.1) is 21.3 Å². The molecular weight excluding hydrogens is 296 g/mol. The minimum Gasteiger partial charge on any atom is -0.493 e. The van der Waals surface area contributed by atoms with Crippen molar-refractivity contribution in [2.45, 2.75) is 26.2 Å². The van der Waals surface area contributed by atoms with E-state index in [-0.39, 0.29) is 5.97 Å². The molecule has 124 valence electrons. The average molecular weight is 318 g/mol. The molecule has 0 radical (unpaired) electrons. The van der Waals surface area contributed by atoms with Crippen LogP contribution in [0.2, 0.25) is 0 Å². The summed E-state index contributed by atoms with van der Waals surface area (Å²) in [5.41, 5.74) is 2.03. The van der Waals surface area contributed by atoms with Crippen LogP contribution in [0, 0.1) is 11.8 Å². The van der Waals surface area contributed by atoms with E-state index in [2.05, 4.69) is 0 Å². The molecule has 0 spiro atoms. The summed E-state index contributed by atoms with van der Waals surface area (Å²) in [6.07, 6.45) is 5.01. The molecule has 2 atom stereocenters. The summed E-state index contributed by atoms with van der Waals surface area (Å²) in [5, 5.41) is 0. The smallest absolute Gasteiger partial charge is 0.307 e. The van der Waals surface area contributed by atoms with Gasteiger partial charge in [0.25, 0.3) is 0 Å². The number of hydrogen-bond acceptors (Lipinski definition) is 5. The van der Waals surface area contributed by atoms with Gasteiger partial charge in [0, 0.05) is 18.4 Å². The van der Waals surface area contributed by atoms with Crippen molar-refractivity contribution in [2.75, 3.05) is 21.3 Å². The van der Waals surface area contributed by atoms with E-state index >= 15 is 0 Å². The third kappa shape index (κ3) is 2.87. The first-order chi connectivity index (χ1) is 11.1. The molecule has 1 fully saturated rings. The Hall–Kier alpha value is -2.17. The predicted molar refractivity (Wildman–Crippen MR) is 85.8 cm³/mol. The normalized spacial score (nSPS) is 24.1. The van der Waals surface area contributed by atoms with Crippen LogP contribution in [0.1, 0.15) is 30.9 Å². The lowest BCUT2D eigenvalue weighted by atomic mass is 9.95. The van der Waals surface area contributed by atoms with E-state index in [1.807, 2.05) is 12.1 Å². The van der Waals surface area contributed by atoms with Crippen LogP contribution in [0.3, 0.4) is 0 Å². The first-order valence-electron chi connectivity index (χ1n) is 7.80. The minimum absolute atomic E-state index is 0.288. The molecule has 5 heteroatoms. The van der Waals surface area contributed by atoms with Crippen molar-refractivity contribution in [3.05, 3.63) is 23.0 Å². The first-order valence-corrected chi connectivity index (χ1v) is 7.80. The molecule has 1 aromatic carbocycles. The molecule has 3 rings (SSSR count). The van der Waals surface area contributed by atoms with Gasteiger partial charge in [-0.25, -0.2) is 0 Å². The monoisotopic (exact) mass is 318 g/mol. The van der Waals surface area contributed by atoms with Crippen molar-refractivity contribution < 1.29 is 23.7 Å². The van der Waals surface area contributed by atoms with Gasteiger partial charge in [0.1, 0.15) is 5.76 Å². The Morgan fingerprint density at radius 3 is 2.48 bits per heavy atom. The number of fused-ring (bicyclic) bond motifs is 2. The van der Waals surface area contributed by atoms with Crippen molar-refractivity contribution in [3.8, 4) is 17.2 Å². The molecule has 0 aliphatic heterocycles. The maximum absolute atomic E-state index is 11.4. The highest BCUT2D eigenvalue weighted by Gasteiger charge is 2.42. The van der Waals surface area contributed by atoms with Gasteiger partial charge >= 0.3 is 5.97 Å². The molecule has 2 aliphatic carbocycles. The van der Waals surface area contributed by atoms with Crippen LogP contribution >= 0.6 is 0 Å². The summed E-state index contributed by atoms with van der Waals surface area (Å²) in [5.74, 6) is 3.19. The SMILES string of the molecule is COc1cc2c(c(OC)c1OC)/C=C(/OC(C)=O)C1CC1CC2. The van der Waals surface area contributed by atoms with Crippen molar-refractivity contribution >= 4 is 12.0 Å². The fraction of sp³-hybridized carbons (Fsp3) is 0.500. The molecule has 5 nitrogen and oxygen atoms in total. The standard InChI is InChI=1S/C18H22O5/c1-10(19)23-15-9-14-12(6-5-11-7-13(11)15)8-16(20-2)18(22-4)17(14)21-3/h8-9,11,13H,5-7H2,1-4H3/b15-9+. The molecule has 0 saturated heterocycles. The molecule has 0 bridgehead atoms. The summed E-state index contributed by atoms with van der Waals surface area (Å²) in [4.78, 5) is 11.4. The fourth-order valence-corrected chi connectivity index (χ4v) is 3.37. The highest BCUT2D eigenvalue weighted by molar-refractivity contribution is 5.74. The third-order valence-corrected chi connectivity index (χ3v) is 4.57. The number of carbonyl (C=O) groups excluding carboxylic acids is 1. The molecule has 0 aromatic heterocycles. The van der Waals surface area contributed by atoms with Crippen LogP contribution < -0.4 is 14.2 Å². The highest BCUT2D eigenvalue weighted by Crippen LogP contribution is 2.52. The van der Waals surface area contributed by atoms with Crippen LogP contribution in [-0.4, -0.2) is 27.3 Å². The number of esters is 1. The minimum atomic E-state index is -0.288. The molecule has 0 amide bonds. The van der Waals surface area contributed by atoms with Crippen molar-refractivity contribution in [1.82, 2.24) is 0 Å². The van der Waals surface area contributed by atoms with Crippen LogP contribution in [0.15, 0.2) is 11.8 Å². The van der Waals surface area contributed by atoms with Crippen LogP contribution in [0.4, 0.5) is 0 Å². The zero-order valence-electron chi connectivity index (χ0n) is 14.0. The molecule has 23 heavy (non-hydrogen) atoms. The van der Waals surface area contributed by atoms with Crippen LogP contribution in [0.5, 0.6) is 17.2 Å². The van der Waals surface area contributed by atoms with E-state index in [1.165, 1.54) is 6.92 Å². The molecular formula is C18H22O5. The second-order valence-corrected chi connectivity index (χ2v) is 6.00. The fourth-order valence-electron chi connectivity index (χ4n) is 3.37. The third-order valence-electron chi connectivity index (χ3n) is 4.57. The number of methoxy groups -OCH3 is 3. The number of aryl methyl sites for hydroxylation is 1. The quantitative estimate of drug-likeness (QED) is 0.798. The largest absolute Gasteiger partial charge is 0.493 e. The molecule has 1 saturated carbocycles. The number of allylic oxidation sites excluding steroid dienone is 1. The number of ether oxygens (including phenoxy) is 4. The van der Waals surface area contributed by atoms with Gasteiger partial charge in [-0.3, -0.25) is 4.79 Å². The number of hydrogen-bond donors (Lipinski definition) is 0. The second-order valence-electron chi connectivity index (χ2n) is 6.00. The lowest BCUT2D eigenvalue weighted by Gasteiger charge is -2.20.